The summed E-state index contributed by atoms with van der Waals surface area (Å²) in [6.07, 6.45) is 0. The molecule has 0 aliphatic carbocycles. The minimum Gasteiger partial charge on any atom is -0.455 e. The van der Waals surface area contributed by atoms with Crippen molar-refractivity contribution in [2.24, 2.45) is 0 Å². The molecule has 7 heteroatoms. The fourth-order valence-corrected chi connectivity index (χ4v) is 26.0. The summed E-state index contributed by atoms with van der Waals surface area (Å²) in [6, 6.07) is 194. The Morgan fingerprint density at radius 2 is 0.510 bits per heavy atom. The summed E-state index contributed by atoms with van der Waals surface area (Å²) in [5.74, 6) is 0. The zero-order valence-corrected chi connectivity index (χ0v) is 81.5. The Labute approximate surface area is 855 Å². The lowest BCUT2D eigenvalue weighted by Crippen LogP contribution is -2.11. The Balaban J connectivity index is 0.000000104. The second-order valence-electron chi connectivity index (χ2n) is 38.3. The van der Waals surface area contributed by atoms with Crippen LogP contribution in [0.2, 0.25) is 0 Å². The van der Waals surface area contributed by atoms with Gasteiger partial charge in [-0.2, -0.15) is 0 Å². The van der Waals surface area contributed by atoms with Crippen molar-refractivity contribution >= 4 is 276 Å². The Hall–Kier alpha value is -18.8. The number of rotatable bonds is 12. The van der Waals surface area contributed by atoms with Gasteiger partial charge in [-0.25, -0.2) is 0 Å². The first-order valence-electron chi connectivity index (χ1n) is 50.3. The van der Waals surface area contributed by atoms with Crippen LogP contribution >= 0.6 is 22.7 Å². The fraction of sp³-hybridized carbons (Fsp3) is 0. The number of anilines is 9. The predicted molar refractivity (Wildman–Crippen MR) is 634 cm³/mol. The standard InChI is InChI=1S/C48H30N2S.C46H29NO.C46H29NS/c1-3-14-32(15-4-1)49(43-24-13-22-39-36-18-9-11-23-42(36)50(47(39)43)33-16-5-2-6-17-33)34-27-29-35-31(30-34)26-28-41-45(35)37-19-7-8-20-38(37)46-40-21-10-12-25-44(40)51-48(41)46;2*1-2-10-30(11-3-1)32-18-22-35(23-19-32)47(36-24-20-31-12-4-5-13-33(31)28-36)37-25-27-38-34(29-37)21-26-42-44(38)39-14-6-7-15-40(39)46-45(42)41-16-8-9-17-43(41)48-46/h1-30H;2*1-29H. The molecule has 686 valence electrons. The number of benzene rings is 27. The van der Waals surface area contributed by atoms with Crippen molar-refractivity contribution in [1.82, 2.24) is 4.57 Å². The Morgan fingerprint density at radius 1 is 0.177 bits per heavy atom. The van der Waals surface area contributed by atoms with Crippen LogP contribution < -0.4 is 14.7 Å². The number of fused-ring (bicyclic) bond motifs is 35. The van der Waals surface area contributed by atoms with Gasteiger partial charge >= 0.3 is 0 Å². The van der Waals surface area contributed by atoms with Crippen LogP contribution in [0.1, 0.15) is 0 Å². The molecule has 0 fully saturated rings. The molecule has 31 aromatic rings. The molecule has 0 unspecified atom stereocenters. The monoisotopic (exact) mass is 1900 g/mol. The van der Waals surface area contributed by atoms with Gasteiger partial charge in [0.2, 0.25) is 0 Å². The van der Waals surface area contributed by atoms with Gasteiger partial charge in [-0.05, 0) is 264 Å². The highest BCUT2D eigenvalue weighted by atomic mass is 32.1. The van der Waals surface area contributed by atoms with Crippen LogP contribution in [-0.4, -0.2) is 4.57 Å². The quantitative estimate of drug-likeness (QED) is 0.114. The normalized spacial score (nSPS) is 11.8. The molecule has 0 bridgehead atoms. The average molecular weight is 1910 g/mol. The summed E-state index contributed by atoms with van der Waals surface area (Å²) >= 11 is 3.82. The Kier molecular flexibility index (Phi) is 20.3. The molecule has 0 aliphatic heterocycles. The van der Waals surface area contributed by atoms with Gasteiger partial charge in [-0.15, -0.1) is 22.7 Å². The molecule has 0 amide bonds. The zero-order chi connectivity index (χ0) is 96.7. The molecule has 4 heterocycles. The maximum Gasteiger partial charge on any atom is 0.143 e. The van der Waals surface area contributed by atoms with Gasteiger partial charge in [0.25, 0.3) is 0 Å². The van der Waals surface area contributed by atoms with E-state index in [0.29, 0.717) is 0 Å². The minimum absolute atomic E-state index is 0.921. The van der Waals surface area contributed by atoms with Gasteiger partial charge in [0.15, 0.2) is 0 Å². The maximum absolute atomic E-state index is 6.49. The number of hydrogen-bond acceptors (Lipinski definition) is 6. The summed E-state index contributed by atoms with van der Waals surface area (Å²) in [5, 5.41) is 38.0. The highest BCUT2D eigenvalue weighted by Crippen LogP contribution is 2.54. The number of para-hydroxylation sites is 5. The third-order valence-corrected chi connectivity index (χ3v) is 32.5. The van der Waals surface area contributed by atoms with Crippen LogP contribution in [0.5, 0.6) is 0 Å². The number of hydrogen-bond donors (Lipinski definition) is 0. The van der Waals surface area contributed by atoms with Crippen LogP contribution in [0.4, 0.5) is 51.2 Å². The van der Waals surface area contributed by atoms with Crippen LogP contribution in [0.3, 0.4) is 0 Å². The first kappa shape index (κ1) is 85.1. The van der Waals surface area contributed by atoms with E-state index in [9.17, 15) is 0 Å². The molecule has 147 heavy (non-hydrogen) atoms. The highest BCUT2D eigenvalue weighted by molar-refractivity contribution is 7.27. The number of furan rings is 1. The molecule has 0 radical (unpaired) electrons. The van der Waals surface area contributed by atoms with Gasteiger partial charge in [-0.1, -0.05) is 394 Å². The van der Waals surface area contributed by atoms with Crippen molar-refractivity contribution in [3.63, 3.8) is 0 Å². The van der Waals surface area contributed by atoms with E-state index in [-0.39, 0.29) is 0 Å². The summed E-state index contributed by atoms with van der Waals surface area (Å²) in [5.41, 5.74) is 20.4. The second-order valence-corrected chi connectivity index (χ2v) is 40.4. The SMILES string of the molecule is c1ccc(-c2ccc(N(c3ccc4ccccc4c3)c3ccc4c(ccc5c4c4ccccc4c4oc6ccccc6c54)c3)cc2)cc1.c1ccc(-c2ccc(N(c3ccc4ccccc4c3)c3ccc4c(ccc5c4c4ccccc4c4sc6ccccc6c54)c3)cc2)cc1.c1ccc(N(c2ccc3c(ccc4c5sc6ccccc6c5c5ccccc5c34)c2)c2cccc3c4ccccc4n(-c4ccccc4)c23)cc1. The third-order valence-electron chi connectivity index (χ3n) is 30.1. The molecule has 0 spiro atoms. The molecule has 0 atom stereocenters. The summed E-state index contributed by atoms with van der Waals surface area (Å²) in [4.78, 5) is 7.19. The van der Waals surface area contributed by atoms with Gasteiger partial charge in [0.05, 0.1) is 16.7 Å². The topological polar surface area (TPSA) is 27.8 Å². The van der Waals surface area contributed by atoms with E-state index < -0.39 is 0 Å². The summed E-state index contributed by atoms with van der Waals surface area (Å²) in [6.45, 7) is 0. The van der Waals surface area contributed by atoms with Gasteiger partial charge in [0, 0.05) is 129 Å². The number of thiophene rings is 2. The first-order chi connectivity index (χ1) is 72.9. The third kappa shape index (κ3) is 14.2. The van der Waals surface area contributed by atoms with E-state index in [1.165, 1.54) is 203 Å². The molecular formula is C140H88N4OS2. The highest BCUT2D eigenvalue weighted by Gasteiger charge is 2.27. The predicted octanol–water partition coefficient (Wildman–Crippen LogP) is 41.2. The van der Waals surface area contributed by atoms with Gasteiger partial charge < -0.3 is 23.7 Å². The summed E-state index contributed by atoms with van der Waals surface area (Å²) < 4.78 is 14.3. The minimum atomic E-state index is 0.921. The van der Waals surface area contributed by atoms with E-state index in [1.807, 2.05) is 28.7 Å². The summed E-state index contributed by atoms with van der Waals surface area (Å²) in [7, 11) is 0. The largest absolute Gasteiger partial charge is 0.455 e. The zero-order valence-electron chi connectivity index (χ0n) is 79.8. The van der Waals surface area contributed by atoms with E-state index >= 15 is 0 Å². The molecule has 0 N–H and O–H groups in total. The smallest absolute Gasteiger partial charge is 0.143 e. The van der Waals surface area contributed by atoms with Crippen molar-refractivity contribution in [2.75, 3.05) is 14.7 Å². The van der Waals surface area contributed by atoms with Crippen LogP contribution in [0.15, 0.2) is 538 Å². The van der Waals surface area contributed by atoms with Crippen molar-refractivity contribution in [2.45, 2.75) is 0 Å². The van der Waals surface area contributed by atoms with E-state index in [2.05, 4.69) is 547 Å². The lowest BCUT2D eigenvalue weighted by molar-refractivity contribution is 0.673. The van der Waals surface area contributed by atoms with Crippen LogP contribution in [0, 0.1) is 0 Å². The molecule has 0 saturated carbocycles. The van der Waals surface area contributed by atoms with Crippen molar-refractivity contribution in [3.8, 4) is 27.9 Å². The maximum atomic E-state index is 6.49. The van der Waals surface area contributed by atoms with E-state index in [1.54, 1.807) is 0 Å². The second kappa shape index (κ2) is 35.1. The van der Waals surface area contributed by atoms with Crippen LogP contribution in [0.25, 0.3) is 231 Å². The molecule has 0 saturated heterocycles. The van der Waals surface area contributed by atoms with Crippen molar-refractivity contribution < 1.29 is 4.42 Å². The molecule has 4 aromatic heterocycles. The Morgan fingerprint density at radius 3 is 1.05 bits per heavy atom. The van der Waals surface area contributed by atoms with Gasteiger partial charge in [-0.3, -0.25) is 0 Å². The van der Waals surface area contributed by atoms with Crippen LogP contribution in [-0.2, 0) is 0 Å². The Bertz CT molecular complexity index is 10300. The number of aromatic nitrogens is 1. The fourth-order valence-electron chi connectivity index (χ4n) is 23.5. The van der Waals surface area contributed by atoms with Gasteiger partial charge in [0.1, 0.15) is 11.2 Å². The number of nitrogens with zero attached hydrogens (tertiary/aromatic N) is 4. The van der Waals surface area contributed by atoms with Crippen molar-refractivity contribution in [3.05, 3.63) is 534 Å². The lowest BCUT2D eigenvalue weighted by Gasteiger charge is -2.27. The molecule has 27 aromatic carbocycles. The average Bonchev–Trinajstić information content (AvgIpc) is 1.62. The molecule has 5 nitrogen and oxygen atoms in total. The first-order valence-corrected chi connectivity index (χ1v) is 51.9. The van der Waals surface area contributed by atoms with Crippen molar-refractivity contribution in [1.29, 1.82) is 0 Å². The van der Waals surface area contributed by atoms with E-state index in [4.69, 9.17) is 4.42 Å². The molecular weight excluding hydrogens is 1820 g/mol. The lowest BCUT2D eigenvalue weighted by atomic mass is 9.92. The molecule has 31 rings (SSSR count). The van der Waals surface area contributed by atoms with E-state index in [0.717, 1.165) is 78.8 Å². The molecule has 0 aliphatic rings.